The monoisotopic (exact) mass is 395 g/mol. The van der Waals surface area contributed by atoms with E-state index in [1.165, 1.54) is 17.3 Å². The van der Waals surface area contributed by atoms with Crippen LogP contribution in [0.2, 0.25) is 0 Å². The number of amides is 1. The number of rotatable bonds is 8. The first-order chi connectivity index (χ1) is 13.7. The van der Waals surface area contributed by atoms with E-state index in [-0.39, 0.29) is 5.91 Å². The first-order valence-corrected chi connectivity index (χ1v) is 10.5. The van der Waals surface area contributed by atoms with Crippen LogP contribution < -0.4 is 0 Å². The van der Waals surface area contributed by atoms with Crippen LogP contribution in [0.1, 0.15) is 26.3 Å². The molecular formula is C21H25N5OS. The third-order valence-corrected chi connectivity index (χ3v) is 5.48. The normalized spacial score (nSPS) is 10.8. The molecule has 0 saturated carbocycles. The highest BCUT2D eigenvalue weighted by atomic mass is 32.2. The van der Waals surface area contributed by atoms with Gasteiger partial charge in [0, 0.05) is 25.0 Å². The van der Waals surface area contributed by atoms with Gasteiger partial charge in [0.25, 0.3) is 0 Å². The molecule has 3 aromatic rings. The Labute approximate surface area is 170 Å². The van der Waals surface area contributed by atoms with Gasteiger partial charge in [-0.3, -0.25) is 14.3 Å². The average molecular weight is 396 g/mol. The number of carbonyl (C=O) groups is 1. The molecule has 0 fully saturated rings. The highest BCUT2D eigenvalue weighted by Gasteiger charge is 2.19. The summed E-state index contributed by atoms with van der Waals surface area (Å²) in [5.74, 6) is 1.10. The van der Waals surface area contributed by atoms with Crippen molar-refractivity contribution in [1.29, 1.82) is 0 Å². The van der Waals surface area contributed by atoms with Crippen molar-refractivity contribution in [2.45, 2.75) is 32.3 Å². The molecule has 0 spiro atoms. The van der Waals surface area contributed by atoms with Crippen LogP contribution in [0.3, 0.4) is 0 Å². The molecule has 3 rings (SSSR count). The summed E-state index contributed by atoms with van der Waals surface area (Å²) >= 11 is 1.40. The van der Waals surface area contributed by atoms with Gasteiger partial charge < -0.3 is 4.90 Å². The van der Waals surface area contributed by atoms with Gasteiger partial charge in [0.1, 0.15) is 5.69 Å². The lowest BCUT2D eigenvalue weighted by Gasteiger charge is -2.18. The van der Waals surface area contributed by atoms with Gasteiger partial charge in [-0.2, -0.15) is 0 Å². The van der Waals surface area contributed by atoms with E-state index in [0.717, 1.165) is 17.8 Å². The Morgan fingerprint density at radius 1 is 1.04 bits per heavy atom. The standard InChI is InChI=1S/C21H25N5OS/c1-4-16-10-12-17(13-11-16)26-20(18-9-7-8-14-22-18)23-24-21(26)28-15-19(27)25(5-2)6-3/h7-14H,4-6,15H2,1-3H3. The highest BCUT2D eigenvalue weighted by molar-refractivity contribution is 7.99. The van der Waals surface area contributed by atoms with Crippen LogP contribution in [0.5, 0.6) is 0 Å². The molecule has 7 heteroatoms. The molecule has 146 valence electrons. The second-order valence-electron chi connectivity index (χ2n) is 6.23. The van der Waals surface area contributed by atoms with Gasteiger partial charge in [0.2, 0.25) is 5.91 Å². The minimum absolute atomic E-state index is 0.102. The molecule has 1 aromatic carbocycles. The molecule has 0 aliphatic carbocycles. The molecule has 0 saturated heterocycles. The summed E-state index contributed by atoms with van der Waals surface area (Å²) in [6.45, 7) is 7.53. The van der Waals surface area contributed by atoms with Crippen LogP contribution in [0.25, 0.3) is 17.2 Å². The van der Waals surface area contributed by atoms with Crippen LogP contribution in [-0.4, -0.2) is 49.4 Å². The van der Waals surface area contributed by atoms with Gasteiger partial charge >= 0.3 is 0 Å². The summed E-state index contributed by atoms with van der Waals surface area (Å²) in [7, 11) is 0. The Balaban J connectivity index is 1.96. The van der Waals surface area contributed by atoms with Crippen molar-refractivity contribution in [2.24, 2.45) is 0 Å². The first-order valence-electron chi connectivity index (χ1n) is 9.54. The maximum absolute atomic E-state index is 12.4. The Bertz CT molecular complexity index is 904. The van der Waals surface area contributed by atoms with Gasteiger partial charge in [-0.1, -0.05) is 36.9 Å². The zero-order valence-corrected chi connectivity index (χ0v) is 17.3. The number of aryl methyl sites for hydroxylation is 1. The van der Waals surface area contributed by atoms with E-state index in [2.05, 4.69) is 46.4 Å². The third kappa shape index (κ3) is 4.42. The summed E-state index contributed by atoms with van der Waals surface area (Å²) in [4.78, 5) is 18.7. The fourth-order valence-corrected chi connectivity index (χ4v) is 3.79. The van der Waals surface area contributed by atoms with Gasteiger partial charge in [-0.05, 0) is 50.1 Å². The maximum atomic E-state index is 12.4. The van der Waals surface area contributed by atoms with E-state index in [1.54, 1.807) is 6.20 Å². The van der Waals surface area contributed by atoms with Gasteiger partial charge in [-0.15, -0.1) is 10.2 Å². The number of aromatic nitrogens is 4. The molecule has 28 heavy (non-hydrogen) atoms. The third-order valence-electron chi connectivity index (χ3n) is 4.57. The summed E-state index contributed by atoms with van der Waals surface area (Å²) < 4.78 is 1.97. The van der Waals surface area contributed by atoms with Crippen molar-refractivity contribution in [1.82, 2.24) is 24.6 Å². The van der Waals surface area contributed by atoms with Crippen molar-refractivity contribution in [2.75, 3.05) is 18.8 Å². The lowest BCUT2D eigenvalue weighted by atomic mass is 10.1. The molecule has 0 N–H and O–H groups in total. The minimum Gasteiger partial charge on any atom is -0.343 e. The average Bonchev–Trinajstić information content (AvgIpc) is 3.17. The molecule has 2 aromatic heterocycles. The second kappa shape index (κ2) is 9.50. The number of nitrogens with zero attached hydrogens (tertiary/aromatic N) is 5. The Morgan fingerprint density at radius 3 is 2.39 bits per heavy atom. The summed E-state index contributed by atoms with van der Waals surface area (Å²) in [5, 5.41) is 9.42. The number of pyridine rings is 1. The van der Waals surface area contributed by atoms with E-state index < -0.39 is 0 Å². The molecule has 0 radical (unpaired) electrons. The van der Waals surface area contributed by atoms with Gasteiger partial charge in [-0.25, -0.2) is 0 Å². The van der Waals surface area contributed by atoms with Crippen molar-refractivity contribution in [3.05, 3.63) is 54.2 Å². The van der Waals surface area contributed by atoms with Crippen LogP contribution in [0.4, 0.5) is 0 Å². The van der Waals surface area contributed by atoms with Crippen LogP contribution in [-0.2, 0) is 11.2 Å². The van der Waals surface area contributed by atoms with E-state index >= 15 is 0 Å². The fourth-order valence-electron chi connectivity index (χ4n) is 2.93. The number of thioether (sulfide) groups is 1. The van der Waals surface area contributed by atoms with Crippen molar-refractivity contribution >= 4 is 17.7 Å². The molecule has 0 unspecified atom stereocenters. The van der Waals surface area contributed by atoms with Gasteiger partial charge in [0.05, 0.1) is 5.75 Å². The predicted octanol–water partition coefficient (Wildman–Crippen LogP) is 3.85. The Kier molecular flexibility index (Phi) is 6.81. The number of carbonyl (C=O) groups excluding carboxylic acids is 1. The smallest absolute Gasteiger partial charge is 0.233 e. The highest BCUT2D eigenvalue weighted by Crippen LogP contribution is 2.27. The fraction of sp³-hybridized carbons (Fsp3) is 0.333. The molecule has 1 amide bonds. The molecule has 0 atom stereocenters. The van der Waals surface area contributed by atoms with Crippen molar-refractivity contribution in [3.63, 3.8) is 0 Å². The van der Waals surface area contributed by atoms with Crippen LogP contribution in [0, 0.1) is 0 Å². The van der Waals surface area contributed by atoms with Crippen molar-refractivity contribution < 1.29 is 4.79 Å². The maximum Gasteiger partial charge on any atom is 0.233 e. The topological polar surface area (TPSA) is 63.9 Å². The molecule has 0 aliphatic rings. The van der Waals surface area contributed by atoms with Crippen molar-refractivity contribution in [3.8, 4) is 17.2 Å². The van der Waals surface area contributed by atoms with Crippen LogP contribution in [0.15, 0.2) is 53.8 Å². The van der Waals surface area contributed by atoms with E-state index in [9.17, 15) is 4.79 Å². The van der Waals surface area contributed by atoms with E-state index in [0.29, 0.717) is 29.8 Å². The van der Waals surface area contributed by atoms with E-state index in [1.807, 2.05) is 41.5 Å². The lowest BCUT2D eigenvalue weighted by Crippen LogP contribution is -2.31. The summed E-state index contributed by atoms with van der Waals surface area (Å²) in [5.41, 5.74) is 2.97. The molecule has 0 bridgehead atoms. The SMILES string of the molecule is CCc1ccc(-n2c(SCC(=O)N(CC)CC)nnc2-c2ccccn2)cc1. The molecule has 6 nitrogen and oxygen atoms in total. The molecular weight excluding hydrogens is 370 g/mol. The van der Waals surface area contributed by atoms with E-state index in [4.69, 9.17) is 0 Å². The summed E-state index contributed by atoms with van der Waals surface area (Å²) in [6, 6.07) is 14.0. The zero-order valence-electron chi connectivity index (χ0n) is 16.5. The molecule has 0 aliphatic heterocycles. The lowest BCUT2D eigenvalue weighted by molar-refractivity contribution is -0.127. The number of hydrogen-bond donors (Lipinski definition) is 0. The second-order valence-corrected chi connectivity index (χ2v) is 7.17. The number of benzene rings is 1. The Hall–Kier alpha value is -2.67. The van der Waals surface area contributed by atoms with Gasteiger partial charge in [0.15, 0.2) is 11.0 Å². The Morgan fingerprint density at radius 2 is 1.79 bits per heavy atom. The minimum atomic E-state index is 0.102. The quantitative estimate of drug-likeness (QED) is 0.542. The predicted molar refractivity (Wildman–Crippen MR) is 113 cm³/mol. The molecule has 2 heterocycles. The number of hydrogen-bond acceptors (Lipinski definition) is 5. The largest absolute Gasteiger partial charge is 0.343 e. The van der Waals surface area contributed by atoms with Crippen LogP contribution >= 0.6 is 11.8 Å². The zero-order chi connectivity index (χ0) is 19.9. The summed E-state index contributed by atoms with van der Waals surface area (Å²) in [6.07, 6.45) is 2.72. The first kappa shape index (κ1) is 20.1.